The van der Waals surface area contributed by atoms with Gasteiger partial charge in [-0.15, -0.1) is 0 Å². The summed E-state index contributed by atoms with van der Waals surface area (Å²) < 4.78 is 0. The Morgan fingerprint density at radius 2 is 1.56 bits per heavy atom. The molecule has 6 aliphatic rings. The number of fused-ring (bicyclic) bond motifs is 7. The van der Waals surface area contributed by atoms with Gasteiger partial charge in [0.25, 0.3) is 0 Å². The van der Waals surface area contributed by atoms with E-state index in [1.807, 2.05) is 5.57 Å². The van der Waals surface area contributed by atoms with Gasteiger partial charge >= 0.3 is 0 Å². The van der Waals surface area contributed by atoms with Gasteiger partial charge in [0.2, 0.25) is 0 Å². The lowest BCUT2D eigenvalue weighted by atomic mass is 9.56. The second-order valence-electron chi connectivity index (χ2n) is 14.1. The standard InChI is InChI=1S/C33H55N/c1-23(34-33-22-27-17-18-29(27)33)19-25-12-5-4-8-16-31-30-15-7-3-2-6-14-28(30)26-13-10-9-11-24(20-26)21-32(25)31/h14,23-27,29-34H,2-13,15-22H2,1H3/t23?,24?,25-,26?,27?,29?,30?,31?,32?,33?/m1/s1. The minimum atomic E-state index is 0.733. The van der Waals surface area contributed by atoms with Crippen molar-refractivity contribution in [3.63, 3.8) is 0 Å². The fraction of sp³-hybridized carbons (Fsp3) is 0.939. The van der Waals surface area contributed by atoms with Crippen LogP contribution in [0.2, 0.25) is 0 Å². The van der Waals surface area contributed by atoms with E-state index < -0.39 is 0 Å². The van der Waals surface area contributed by atoms with Crippen LogP contribution in [0.1, 0.15) is 135 Å². The van der Waals surface area contributed by atoms with Crippen LogP contribution in [-0.2, 0) is 0 Å². The topological polar surface area (TPSA) is 12.0 Å². The smallest absolute Gasteiger partial charge is 0.0103 e. The van der Waals surface area contributed by atoms with Gasteiger partial charge in [-0.3, -0.25) is 0 Å². The highest BCUT2D eigenvalue weighted by molar-refractivity contribution is 5.16. The van der Waals surface area contributed by atoms with E-state index in [9.17, 15) is 0 Å². The number of hydrogen-bond acceptors (Lipinski definition) is 1. The molecule has 0 radical (unpaired) electrons. The van der Waals surface area contributed by atoms with Crippen molar-refractivity contribution in [2.75, 3.05) is 0 Å². The summed E-state index contributed by atoms with van der Waals surface area (Å²) in [5.41, 5.74) is 2.01. The molecule has 1 heteroatoms. The monoisotopic (exact) mass is 465 g/mol. The zero-order valence-electron chi connectivity index (χ0n) is 22.5. The van der Waals surface area contributed by atoms with Crippen molar-refractivity contribution in [2.45, 2.75) is 147 Å². The summed E-state index contributed by atoms with van der Waals surface area (Å²) in [5.74, 6) is 8.09. The van der Waals surface area contributed by atoms with E-state index in [-0.39, 0.29) is 0 Å². The van der Waals surface area contributed by atoms with Crippen LogP contribution in [0.25, 0.3) is 0 Å². The van der Waals surface area contributed by atoms with Crippen molar-refractivity contribution in [3.05, 3.63) is 11.6 Å². The maximum atomic E-state index is 4.17. The molecule has 2 bridgehead atoms. The van der Waals surface area contributed by atoms with Crippen molar-refractivity contribution in [2.24, 2.45) is 47.3 Å². The van der Waals surface area contributed by atoms with Gasteiger partial charge < -0.3 is 5.32 Å². The van der Waals surface area contributed by atoms with Crippen molar-refractivity contribution >= 4 is 0 Å². The van der Waals surface area contributed by atoms with Crippen LogP contribution in [0, 0.1) is 47.3 Å². The van der Waals surface area contributed by atoms with Gasteiger partial charge in [-0.2, -0.15) is 0 Å². The van der Waals surface area contributed by atoms with Crippen LogP contribution in [0.4, 0.5) is 0 Å². The first-order valence-electron chi connectivity index (χ1n) is 16.2. The van der Waals surface area contributed by atoms with E-state index in [2.05, 4.69) is 18.3 Å². The highest BCUT2D eigenvalue weighted by Gasteiger charge is 2.47. The van der Waals surface area contributed by atoms with E-state index in [1.165, 1.54) is 103 Å². The summed E-state index contributed by atoms with van der Waals surface area (Å²) in [6, 6.07) is 1.61. The summed E-state index contributed by atoms with van der Waals surface area (Å²) in [7, 11) is 0. The molecule has 0 saturated heterocycles. The quantitative estimate of drug-likeness (QED) is 0.408. The zero-order valence-corrected chi connectivity index (χ0v) is 22.5. The molecule has 5 fully saturated rings. The van der Waals surface area contributed by atoms with E-state index in [0.29, 0.717) is 0 Å². The molecule has 34 heavy (non-hydrogen) atoms. The Morgan fingerprint density at radius 1 is 0.735 bits per heavy atom. The molecular weight excluding hydrogens is 410 g/mol. The van der Waals surface area contributed by atoms with Gasteiger partial charge in [0.1, 0.15) is 0 Å². The molecule has 0 aliphatic heterocycles. The van der Waals surface area contributed by atoms with Gasteiger partial charge in [0, 0.05) is 12.1 Å². The predicted octanol–water partition coefficient (Wildman–Crippen LogP) is 9.07. The van der Waals surface area contributed by atoms with Gasteiger partial charge in [-0.25, -0.2) is 0 Å². The minimum Gasteiger partial charge on any atom is -0.311 e. The molecule has 0 aromatic carbocycles. The van der Waals surface area contributed by atoms with Crippen LogP contribution in [0.5, 0.6) is 0 Å². The SMILES string of the molecule is CC(C[C@H]1CCCCCC2C3CCCCCC=C3C3CCCCC(C3)CC21)NC1CC2CCC21. The lowest BCUT2D eigenvalue weighted by Gasteiger charge is -2.54. The van der Waals surface area contributed by atoms with E-state index in [4.69, 9.17) is 0 Å². The van der Waals surface area contributed by atoms with Crippen LogP contribution in [0.15, 0.2) is 11.6 Å². The molecular formula is C33H55N. The average Bonchev–Trinajstić information content (AvgIpc) is 3.02. The molecule has 192 valence electrons. The Morgan fingerprint density at radius 3 is 2.41 bits per heavy atom. The molecule has 0 amide bonds. The van der Waals surface area contributed by atoms with Gasteiger partial charge in [0.05, 0.1) is 0 Å². The molecule has 6 aliphatic carbocycles. The number of rotatable bonds is 4. The lowest BCUT2D eigenvalue weighted by molar-refractivity contribution is -0.00324. The van der Waals surface area contributed by atoms with Crippen molar-refractivity contribution in [3.8, 4) is 0 Å². The largest absolute Gasteiger partial charge is 0.311 e. The Kier molecular flexibility index (Phi) is 7.77. The van der Waals surface area contributed by atoms with Gasteiger partial charge in [0.15, 0.2) is 0 Å². The first-order valence-corrected chi connectivity index (χ1v) is 16.2. The normalized spacial score (nSPS) is 45.9. The molecule has 0 aromatic rings. The fourth-order valence-electron chi connectivity index (χ4n) is 10.3. The highest BCUT2D eigenvalue weighted by Crippen LogP contribution is 2.53. The minimum absolute atomic E-state index is 0.733. The maximum absolute atomic E-state index is 4.17. The first-order chi connectivity index (χ1) is 16.8. The van der Waals surface area contributed by atoms with Crippen LogP contribution in [0.3, 0.4) is 0 Å². The van der Waals surface area contributed by atoms with Crippen molar-refractivity contribution in [1.82, 2.24) is 5.32 Å². The maximum Gasteiger partial charge on any atom is 0.0103 e. The summed E-state index contributed by atoms with van der Waals surface area (Å²) in [5, 5.41) is 4.17. The molecule has 0 aromatic heterocycles. The highest BCUT2D eigenvalue weighted by atomic mass is 15.0. The molecule has 1 N–H and O–H groups in total. The van der Waals surface area contributed by atoms with Crippen LogP contribution < -0.4 is 5.32 Å². The van der Waals surface area contributed by atoms with Crippen LogP contribution >= 0.6 is 0 Å². The molecule has 6 rings (SSSR count). The summed E-state index contributed by atoms with van der Waals surface area (Å²) in [6.45, 7) is 2.56. The molecule has 0 heterocycles. The Hall–Kier alpha value is -0.300. The van der Waals surface area contributed by atoms with E-state index in [0.717, 1.165) is 59.4 Å². The second kappa shape index (κ2) is 11.0. The molecule has 5 saturated carbocycles. The molecule has 10 atom stereocenters. The lowest BCUT2D eigenvalue weighted by Crippen LogP contribution is -2.57. The Balaban J connectivity index is 1.25. The Bertz CT molecular complexity index is 695. The average molecular weight is 466 g/mol. The molecule has 9 unspecified atom stereocenters. The number of allylic oxidation sites excluding steroid dienone is 2. The number of hydrogen-bond donors (Lipinski definition) is 1. The van der Waals surface area contributed by atoms with Crippen molar-refractivity contribution < 1.29 is 0 Å². The Labute approximate surface area is 211 Å². The summed E-state index contributed by atoms with van der Waals surface area (Å²) in [4.78, 5) is 0. The zero-order chi connectivity index (χ0) is 22.9. The third-order valence-corrected chi connectivity index (χ3v) is 12.1. The fourth-order valence-corrected chi connectivity index (χ4v) is 10.3. The van der Waals surface area contributed by atoms with E-state index in [1.54, 1.807) is 25.7 Å². The van der Waals surface area contributed by atoms with Gasteiger partial charge in [-0.1, -0.05) is 69.4 Å². The summed E-state index contributed by atoms with van der Waals surface area (Å²) >= 11 is 0. The van der Waals surface area contributed by atoms with Crippen LogP contribution in [-0.4, -0.2) is 12.1 Å². The van der Waals surface area contributed by atoms with Crippen molar-refractivity contribution in [1.29, 1.82) is 0 Å². The third-order valence-electron chi connectivity index (χ3n) is 12.1. The first kappa shape index (κ1) is 24.1. The number of nitrogens with one attached hydrogen (secondary N) is 1. The molecule has 0 spiro atoms. The second-order valence-corrected chi connectivity index (χ2v) is 14.1. The van der Waals surface area contributed by atoms with Gasteiger partial charge in [-0.05, 0) is 125 Å². The van der Waals surface area contributed by atoms with E-state index >= 15 is 0 Å². The third kappa shape index (κ3) is 5.08. The predicted molar refractivity (Wildman–Crippen MR) is 145 cm³/mol. The molecule has 1 nitrogen and oxygen atoms in total. The summed E-state index contributed by atoms with van der Waals surface area (Å²) in [6.07, 6.45) is 33.1.